The number of halogens is 1. The van der Waals surface area contributed by atoms with E-state index in [-0.39, 0.29) is 42.2 Å². The zero-order valence-electron chi connectivity index (χ0n) is 27.0. The Kier molecular flexibility index (Phi) is 11.7. The summed E-state index contributed by atoms with van der Waals surface area (Å²) in [5.41, 5.74) is 0.496. The summed E-state index contributed by atoms with van der Waals surface area (Å²) < 4.78 is 15.5. The van der Waals surface area contributed by atoms with Gasteiger partial charge in [-0.2, -0.15) is 0 Å². The van der Waals surface area contributed by atoms with Crippen LogP contribution in [0, 0.1) is 11.7 Å². The van der Waals surface area contributed by atoms with Crippen molar-refractivity contribution in [1.29, 1.82) is 0 Å². The lowest BCUT2D eigenvalue weighted by atomic mass is 9.80. The average Bonchev–Trinajstić information content (AvgIpc) is 3.05. The normalized spacial score (nSPS) is 17.7. The highest BCUT2D eigenvalue weighted by Gasteiger charge is 2.37. The fraction of sp³-hybridized carbons (Fsp3) is 0.543. The Bertz CT molecular complexity index is 1340. The van der Waals surface area contributed by atoms with Gasteiger partial charge >= 0.3 is 0 Å². The molecule has 4 amide bonds. The van der Waals surface area contributed by atoms with Crippen LogP contribution in [-0.2, 0) is 31.0 Å². The molecule has 0 aromatic heterocycles. The van der Waals surface area contributed by atoms with Gasteiger partial charge in [0.15, 0.2) is 0 Å². The summed E-state index contributed by atoms with van der Waals surface area (Å²) in [5, 5.41) is 8.55. The van der Waals surface area contributed by atoms with E-state index in [0.29, 0.717) is 18.7 Å². The lowest BCUT2D eigenvalue weighted by Gasteiger charge is -2.35. The molecule has 10 heteroatoms. The lowest BCUT2D eigenvalue weighted by Crippen LogP contribution is -2.54. The van der Waals surface area contributed by atoms with Crippen molar-refractivity contribution < 1.29 is 23.6 Å². The van der Waals surface area contributed by atoms with Gasteiger partial charge in [-0.25, -0.2) is 4.39 Å². The third-order valence-corrected chi connectivity index (χ3v) is 9.25. The van der Waals surface area contributed by atoms with Gasteiger partial charge in [-0.15, -0.1) is 0 Å². The second-order valence-corrected chi connectivity index (χ2v) is 13.0. The molecular weight excluding hydrogens is 573 g/mol. The molecule has 1 saturated heterocycles. The molecule has 2 aromatic carbocycles. The molecule has 2 aliphatic rings. The van der Waals surface area contributed by atoms with Gasteiger partial charge in [0, 0.05) is 39.0 Å². The number of carbonyl (C=O) groups excluding carboxylic acids is 4. The Labute approximate surface area is 266 Å². The number of anilines is 1. The van der Waals surface area contributed by atoms with Crippen LogP contribution in [0.5, 0.6) is 0 Å². The molecule has 0 radical (unpaired) electrons. The van der Waals surface area contributed by atoms with Crippen LogP contribution in [0.1, 0.15) is 70.4 Å². The SMILES string of the molecule is CCC(=O)N[C@H](Cc1ccc(NC(=O)[C@@H](NC(=O)C(C)(C)c2ccccc2)C2CCCCC2)c(F)c1)C(=O)N1CCN(C)CC1. The first-order valence-corrected chi connectivity index (χ1v) is 16.2. The summed E-state index contributed by atoms with van der Waals surface area (Å²) in [7, 11) is 2.00. The van der Waals surface area contributed by atoms with Crippen LogP contribution < -0.4 is 16.0 Å². The van der Waals surface area contributed by atoms with Gasteiger partial charge in [0.1, 0.15) is 17.9 Å². The van der Waals surface area contributed by atoms with E-state index in [0.717, 1.165) is 50.8 Å². The van der Waals surface area contributed by atoms with Gasteiger partial charge in [-0.3, -0.25) is 19.2 Å². The number of benzene rings is 2. The van der Waals surface area contributed by atoms with Gasteiger partial charge in [0.05, 0.1) is 11.1 Å². The van der Waals surface area contributed by atoms with Crippen molar-refractivity contribution in [2.45, 2.75) is 83.2 Å². The van der Waals surface area contributed by atoms with Crippen molar-refractivity contribution in [2.24, 2.45) is 5.92 Å². The van der Waals surface area contributed by atoms with Crippen LogP contribution in [0.15, 0.2) is 48.5 Å². The Morgan fingerprint density at radius 3 is 2.22 bits per heavy atom. The zero-order valence-corrected chi connectivity index (χ0v) is 27.0. The predicted molar refractivity (Wildman–Crippen MR) is 173 cm³/mol. The van der Waals surface area contributed by atoms with Gasteiger partial charge < -0.3 is 25.8 Å². The molecule has 244 valence electrons. The summed E-state index contributed by atoms with van der Waals surface area (Å²) in [5.74, 6) is -1.86. The number of carbonyl (C=O) groups is 4. The second-order valence-electron chi connectivity index (χ2n) is 13.0. The summed E-state index contributed by atoms with van der Waals surface area (Å²) in [6.45, 7) is 8.00. The van der Waals surface area contributed by atoms with Crippen LogP contribution in [0.4, 0.5) is 10.1 Å². The smallest absolute Gasteiger partial charge is 0.247 e. The van der Waals surface area contributed by atoms with Crippen molar-refractivity contribution in [3.63, 3.8) is 0 Å². The van der Waals surface area contributed by atoms with E-state index >= 15 is 4.39 Å². The Balaban J connectivity index is 1.48. The maximum absolute atomic E-state index is 15.5. The van der Waals surface area contributed by atoms with Gasteiger partial charge in [-0.05, 0) is 62.9 Å². The fourth-order valence-corrected chi connectivity index (χ4v) is 6.15. The van der Waals surface area contributed by atoms with E-state index in [9.17, 15) is 19.2 Å². The molecule has 9 nitrogen and oxygen atoms in total. The Morgan fingerprint density at radius 1 is 0.933 bits per heavy atom. The number of piperazine rings is 1. The molecule has 0 spiro atoms. The number of nitrogens with zero attached hydrogens (tertiary/aromatic N) is 2. The predicted octanol–water partition coefficient (Wildman–Crippen LogP) is 4.02. The van der Waals surface area contributed by atoms with Crippen LogP contribution in [0.2, 0.25) is 0 Å². The largest absolute Gasteiger partial charge is 0.344 e. The molecule has 2 atom stereocenters. The first-order valence-electron chi connectivity index (χ1n) is 16.2. The van der Waals surface area contributed by atoms with Crippen LogP contribution >= 0.6 is 0 Å². The molecule has 1 heterocycles. The van der Waals surface area contributed by atoms with Crippen LogP contribution in [0.25, 0.3) is 0 Å². The number of likely N-dealkylation sites (N-methyl/N-ethyl adjacent to an activating group) is 1. The standard InChI is InChI=1S/C35H48FN5O4/c1-5-30(42)37-29(33(44)41-20-18-40(4)19-21-41)23-24-16-17-28(27(36)22-24)38-32(43)31(25-12-8-6-9-13-25)39-34(45)35(2,3)26-14-10-7-11-15-26/h7,10-11,14-17,22,25,29,31H,5-6,8-9,12-13,18-21,23H2,1-4H3,(H,37,42)(H,38,43)(H,39,45)/t29-,31+/m1/s1. The second kappa shape index (κ2) is 15.5. The Hall–Kier alpha value is -3.79. The zero-order chi connectivity index (χ0) is 32.6. The van der Waals surface area contributed by atoms with Gasteiger partial charge in [0.25, 0.3) is 0 Å². The molecular formula is C35H48FN5O4. The average molecular weight is 622 g/mol. The molecule has 1 aliphatic carbocycles. The first-order chi connectivity index (χ1) is 21.5. The summed E-state index contributed by atoms with van der Waals surface area (Å²) >= 11 is 0. The molecule has 1 aliphatic heterocycles. The van der Waals surface area contributed by atoms with E-state index in [1.165, 1.54) is 12.1 Å². The summed E-state index contributed by atoms with van der Waals surface area (Å²) in [6.07, 6.45) is 4.98. The third kappa shape index (κ3) is 8.90. The minimum Gasteiger partial charge on any atom is -0.344 e. The van der Waals surface area contributed by atoms with E-state index in [1.54, 1.807) is 17.9 Å². The van der Waals surface area contributed by atoms with Crippen molar-refractivity contribution in [3.05, 3.63) is 65.5 Å². The lowest BCUT2D eigenvalue weighted by molar-refractivity contribution is -0.137. The maximum atomic E-state index is 15.5. The van der Waals surface area contributed by atoms with Crippen molar-refractivity contribution in [2.75, 3.05) is 38.5 Å². The number of rotatable bonds is 11. The topological polar surface area (TPSA) is 111 Å². The van der Waals surface area contributed by atoms with Crippen molar-refractivity contribution in [1.82, 2.24) is 20.4 Å². The van der Waals surface area contributed by atoms with E-state index in [2.05, 4.69) is 20.9 Å². The van der Waals surface area contributed by atoms with Gasteiger partial charge in [-0.1, -0.05) is 62.6 Å². The highest BCUT2D eigenvalue weighted by atomic mass is 19.1. The molecule has 4 rings (SSSR count). The van der Waals surface area contributed by atoms with Gasteiger partial charge in [0.2, 0.25) is 23.6 Å². The van der Waals surface area contributed by atoms with Crippen molar-refractivity contribution >= 4 is 29.3 Å². The van der Waals surface area contributed by atoms with E-state index in [4.69, 9.17) is 0 Å². The molecule has 3 N–H and O–H groups in total. The number of hydrogen-bond acceptors (Lipinski definition) is 5. The molecule has 45 heavy (non-hydrogen) atoms. The number of nitrogens with one attached hydrogen (secondary N) is 3. The molecule has 2 aromatic rings. The summed E-state index contributed by atoms with van der Waals surface area (Å²) in [6, 6.07) is 12.2. The highest BCUT2D eigenvalue weighted by molar-refractivity contribution is 5.99. The Morgan fingerprint density at radius 2 is 1.60 bits per heavy atom. The molecule has 2 fully saturated rings. The maximum Gasteiger partial charge on any atom is 0.247 e. The van der Waals surface area contributed by atoms with E-state index < -0.39 is 29.2 Å². The van der Waals surface area contributed by atoms with Crippen LogP contribution in [0.3, 0.4) is 0 Å². The monoisotopic (exact) mass is 621 g/mol. The van der Waals surface area contributed by atoms with Crippen molar-refractivity contribution in [3.8, 4) is 0 Å². The van der Waals surface area contributed by atoms with E-state index in [1.807, 2.05) is 51.2 Å². The quantitative estimate of drug-likeness (QED) is 0.351. The molecule has 1 saturated carbocycles. The number of amides is 4. The highest BCUT2D eigenvalue weighted by Crippen LogP contribution is 2.30. The molecule has 0 unspecified atom stereocenters. The summed E-state index contributed by atoms with van der Waals surface area (Å²) in [4.78, 5) is 56.7. The van der Waals surface area contributed by atoms with Crippen LogP contribution in [-0.4, -0.2) is 78.7 Å². The minimum absolute atomic E-state index is 0.000617. The number of hydrogen-bond donors (Lipinski definition) is 3. The minimum atomic E-state index is -0.868. The fourth-order valence-electron chi connectivity index (χ4n) is 6.15. The first kappa shape index (κ1) is 34.1. The molecule has 0 bridgehead atoms. The third-order valence-electron chi connectivity index (χ3n) is 9.25.